The number of methoxy groups -OCH3 is 1. The van der Waals surface area contributed by atoms with E-state index in [1.807, 2.05) is 30.3 Å². The zero-order valence-corrected chi connectivity index (χ0v) is 13.1. The number of nitrogens with zero attached hydrogens (tertiary/aromatic N) is 1. The second kappa shape index (κ2) is 7.57. The van der Waals surface area contributed by atoms with Crippen molar-refractivity contribution in [3.63, 3.8) is 0 Å². The molecule has 4 heteroatoms. The highest BCUT2D eigenvalue weighted by Gasteiger charge is 2.45. The molecule has 0 aromatic heterocycles. The molecule has 1 aromatic rings. The van der Waals surface area contributed by atoms with Crippen LogP contribution in [0.1, 0.15) is 31.7 Å². The van der Waals surface area contributed by atoms with Crippen LogP contribution in [-0.4, -0.2) is 44.2 Å². The minimum Gasteiger partial charge on any atom is -0.467 e. The second-order valence-corrected chi connectivity index (χ2v) is 5.56. The molecule has 1 heterocycles. The van der Waals surface area contributed by atoms with Gasteiger partial charge in [-0.2, -0.15) is 0 Å². The zero-order valence-electron chi connectivity index (χ0n) is 13.1. The Morgan fingerprint density at radius 2 is 2.05 bits per heavy atom. The standard InChI is InChI=1S/C17H26N2O2/c1-3-10-17(16(20)21-2,15-8-5-4-6-9-15)19-13-7-11-18-12-14-19/h4-6,8-9,18H,3,7,10-14H2,1-2H3. The van der Waals surface area contributed by atoms with E-state index in [9.17, 15) is 4.79 Å². The molecule has 1 atom stereocenters. The highest BCUT2D eigenvalue weighted by molar-refractivity contribution is 5.82. The van der Waals surface area contributed by atoms with Gasteiger partial charge in [0.15, 0.2) is 0 Å². The van der Waals surface area contributed by atoms with Crippen LogP contribution in [0.5, 0.6) is 0 Å². The van der Waals surface area contributed by atoms with Crippen LogP contribution >= 0.6 is 0 Å². The molecule has 0 amide bonds. The molecule has 1 saturated heterocycles. The minimum atomic E-state index is -0.656. The molecule has 1 aliphatic heterocycles. The number of benzene rings is 1. The first-order valence-electron chi connectivity index (χ1n) is 7.85. The van der Waals surface area contributed by atoms with Crippen molar-refractivity contribution in [2.75, 3.05) is 33.3 Å². The third-order valence-electron chi connectivity index (χ3n) is 4.27. The van der Waals surface area contributed by atoms with Gasteiger partial charge in [-0.1, -0.05) is 43.7 Å². The summed E-state index contributed by atoms with van der Waals surface area (Å²) in [5.74, 6) is -0.141. The maximum absolute atomic E-state index is 12.8. The summed E-state index contributed by atoms with van der Waals surface area (Å²) in [6.45, 7) is 5.82. The summed E-state index contributed by atoms with van der Waals surface area (Å²) in [7, 11) is 1.49. The summed E-state index contributed by atoms with van der Waals surface area (Å²) < 4.78 is 5.22. The van der Waals surface area contributed by atoms with Gasteiger partial charge >= 0.3 is 5.97 Å². The van der Waals surface area contributed by atoms with Gasteiger partial charge in [-0.05, 0) is 24.9 Å². The fraction of sp³-hybridized carbons (Fsp3) is 0.588. The molecule has 116 valence electrons. The van der Waals surface area contributed by atoms with Crippen LogP contribution in [0.25, 0.3) is 0 Å². The first-order chi connectivity index (χ1) is 10.3. The number of esters is 1. The number of hydrogen-bond donors (Lipinski definition) is 1. The van der Waals surface area contributed by atoms with Gasteiger partial charge in [-0.3, -0.25) is 4.90 Å². The van der Waals surface area contributed by atoms with Crippen LogP contribution < -0.4 is 5.32 Å². The van der Waals surface area contributed by atoms with E-state index in [1.165, 1.54) is 7.11 Å². The van der Waals surface area contributed by atoms with Gasteiger partial charge in [0.05, 0.1) is 7.11 Å². The molecule has 1 N–H and O–H groups in total. The SMILES string of the molecule is CCCC(C(=O)OC)(c1ccccc1)N1CCCNCC1. The molecular formula is C17H26N2O2. The van der Waals surface area contributed by atoms with Crippen LogP contribution in [-0.2, 0) is 15.1 Å². The van der Waals surface area contributed by atoms with Crippen molar-refractivity contribution in [3.05, 3.63) is 35.9 Å². The van der Waals surface area contributed by atoms with Crippen molar-refractivity contribution >= 4 is 5.97 Å². The molecule has 0 bridgehead atoms. The monoisotopic (exact) mass is 290 g/mol. The third-order valence-corrected chi connectivity index (χ3v) is 4.27. The Morgan fingerprint density at radius 1 is 1.29 bits per heavy atom. The van der Waals surface area contributed by atoms with Gasteiger partial charge in [0.1, 0.15) is 5.54 Å². The van der Waals surface area contributed by atoms with Gasteiger partial charge in [0.2, 0.25) is 0 Å². The first-order valence-corrected chi connectivity index (χ1v) is 7.85. The Hall–Kier alpha value is -1.39. The van der Waals surface area contributed by atoms with Crippen LogP contribution in [0.2, 0.25) is 0 Å². The maximum Gasteiger partial charge on any atom is 0.330 e. The van der Waals surface area contributed by atoms with E-state index < -0.39 is 5.54 Å². The number of carbonyl (C=O) groups is 1. The molecule has 4 nitrogen and oxygen atoms in total. The summed E-state index contributed by atoms with van der Waals surface area (Å²) >= 11 is 0. The lowest BCUT2D eigenvalue weighted by atomic mass is 9.83. The predicted molar refractivity (Wildman–Crippen MR) is 84.1 cm³/mol. The first kappa shape index (κ1) is 16.0. The van der Waals surface area contributed by atoms with Gasteiger partial charge in [0.25, 0.3) is 0 Å². The highest BCUT2D eigenvalue weighted by atomic mass is 16.5. The Morgan fingerprint density at radius 3 is 2.71 bits per heavy atom. The molecule has 2 rings (SSSR count). The summed E-state index contributed by atoms with van der Waals surface area (Å²) in [4.78, 5) is 15.1. The van der Waals surface area contributed by atoms with E-state index in [2.05, 4.69) is 17.1 Å². The predicted octanol–water partition coefficient (Wildman–Crippen LogP) is 2.15. The molecule has 0 aliphatic carbocycles. The highest BCUT2D eigenvalue weighted by Crippen LogP contribution is 2.35. The maximum atomic E-state index is 12.8. The van der Waals surface area contributed by atoms with E-state index >= 15 is 0 Å². The fourth-order valence-electron chi connectivity index (χ4n) is 3.31. The lowest BCUT2D eigenvalue weighted by molar-refractivity contribution is -0.157. The Balaban J connectivity index is 2.46. The minimum absolute atomic E-state index is 0.141. The van der Waals surface area contributed by atoms with E-state index in [4.69, 9.17) is 4.74 Å². The number of nitrogens with one attached hydrogen (secondary N) is 1. The van der Waals surface area contributed by atoms with Crippen LogP contribution in [0.3, 0.4) is 0 Å². The summed E-state index contributed by atoms with van der Waals surface area (Å²) in [5.41, 5.74) is 0.386. The van der Waals surface area contributed by atoms with Crippen molar-refractivity contribution < 1.29 is 9.53 Å². The Bertz CT molecular complexity index is 441. The average molecular weight is 290 g/mol. The van der Waals surface area contributed by atoms with Crippen molar-refractivity contribution in [2.24, 2.45) is 0 Å². The van der Waals surface area contributed by atoms with Crippen LogP contribution in [0.4, 0.5) is 0 Å². The molecule has 21 heavy (non-hydrogen) atoms. The second-order valence-electron chi connectivity index (χ2n) is 5.56. The summed E-state index contributed by atoms with van der Waals surface area (Å²) in [6.07, 6.45) is 2.77. The quantitative estimate of drug-likeness (QED) is 0.844. The van der Waals surface area contributed by atoms with Crippen molar-refractivity contribution in [3.8, 4) is 0 Å². The molecule has 0 saturated carbocycles. The van der Waals surface area contributed by atoms with Crippen LogP contribution in [0, 0.1) is 0 Å². The number of hydrogen-bond acceptors (Lipinski definition) is 4. The molecule has 1 unspecified atom stereocenters. The molecule has 1 aliphatic rings. The Labute approximate surface area is 127 Å². The number of carbonyl (C=O) groups excluding carboxylic acids is 1. The zero-order chi connectivity index (χ0) is 15.1. The topological polar surface area (TPSA) is 41.6 Å². The van der Waals surface area contributed by atoms with Crippen molar-refractivity contribution in [1.29, 1.82) is 0 Å². The van der Waals surface area contributed by atoms with Gasteiger partial charge < -0.3 is 10.1 Å². The van der Waals surface area contributed by atoms with E-state index in [1.54, 1.807) is 0 Å². The summed E-state index contributed by atoms with van der Waals surface area (Å²) in [6, 6.07) is 10.1. The van der Waals surface area contributed by atoms with Crippen molar-refractivity contribution in [2.45, 2.75) is 31.7 Å². The fourth-order valence-corrected chi connectivity index (χ4v) is 3.31. The van der Waals surface area contributed by atoms with Crippen molar-refractivity contribution in [1.82, 2.24) is 10.2 Å². The van der Waals surface area contributed by atoms with Crippen LogP contribution in [0.15, 0.2) is 30.3 Å². The smallest absolute Gasteiger partial charge is 0.330 e. The van der Waals surface area contributed by atoms with E-state index in [-0.39, 0.29) is 5.97 Å². The Kier molecular flexibility index (Phi) is 5.76. The molecule has 0 spiro atoms. The van der Waals surface area contributed by atoms with E-state index in [0.29, 0.717) is 0 Å². The summed E-state index contributed by atoms with van der Waals surface area (Å²) in [5, 5.41) is 3.41. The molecular weight excluding hydrogens is 264 g/mol. The molecule has 0 radical (unpaired) electrons. The van der Waals surface area contributed by atoms with Gasteiger partial charge in [0, 0.05) is 19.6 Å². The molecule has 1 aromatic carbocycles. The number of ether oxygens (including phenoxy) is 1. The largest absolute Gasteiger partial charge is 0.467 e. The third kappa shape index (κ3) is 3.27. The lowest BCUT2D eigenvalue weighted by Gasteiger charge is -2.41. The molecule has 1 fully saturated rings. The normalized spacial score (nSPS) is 19.5. The average Bonchev–Trinajstić information content (AvgIpc) is 2.82. The van der Waals surface area contributed by atoms with Gasteiger partial charge in [-0.25, -0.2) is 4.79 Å². The number of rotatable bonds is 5. The van der Waals surface area contributed by atoms with E-state index in [0.717, 1.165) is 51.0 Å². The lowest BCUT2D eigenvalue weighted by Crippen LogP contribution is -2.53. The van der Waals surface area contributed by atoms with Gasteiger partial charge in [-0.15, -0.1) is 0 Å².